The molecule has 2 aliphatic rings. The fraction of sp³-hybridized carbons (Fsp3) is 0.500. The third kappa shape index (κ3) is 6.57. The van der Waals surface area contributed by atoms with E-state index in [1.54, 1.807) is 36.9 Å². The number of carbonyl (C=O) groups excluding carboxylic acids is 1. The number of fused-ring (bicyclic) bond motifs is 4. The molecule has 0 radical (unpaired) electrons. The minimum atomic E-state index is -4.18. The number of aryl methyl sites for hydroxylation is 2. The number of amides is 1. The molecule has 5 rings (SSSR count). The van der Waals surface area contributed by atoms with E-state index in [0.29, 0.717) is 25.0 Å². The van der Waals surface area contributed by atoms with Crippen molar-refractivity contribution in [3.05, 3.63) is 65.2 Å². The first-order valence-electron chi connectivity index (χ1n) is 15.3. The first kappa shape index (κ1) is 32.8. The number of benzene rings is 2. The SMILES string of the molecule is Cc1cccc(C)c1-c1cc2nc(n1)NS(=O)(=O)c1cccc(c1)C(=O)N(C1CC(CO)(C(C)(C)O)C1)[C@H](CC(C)(C)C)CO2. The number of hydrogen-bond donors (Lipinski definition) is 3. The molecule has 45 heavy (non-hydrogen) atoms. The molecule has 2 heterocycles. The van der Waals surface area contributed by atoms with Crippen LogP contribution in [0.15, 0.2) is 53.4 Å². The molecule has 0 unspecified atom stereocenters. The van der Waals surface area contributed by atoms with Crippen LogP contribution in [-0.2, 0) is 10.0 Å². The van der Waals surface area contributed by atoms with E-state index in [1.165, 1.54) is 12.1 Å². The summed E-state index contributed by atoms with van der Waals surface area (Å²) in [7, 11) is -4.18. The van der Waals surface area contributed by atoms with Gasteiger partial charge in [0.05, 0.1) is 28.8 Å². The topological polar surface area (TPSA) is 142 Å². The molecule has 1 aromatic heterocycles. The monoisotopic (exact) mass is 636 g/mol. The van der Waals surface area contributed by atoms with Crippen LogP contribution >= 0.6 is 0 Å². The predicted octanol–water partition coefficient (Wildman–Crippen LogP) is 5.11. The molecule has 0 spiro atoms. The van der Waals surface area contributed by atoms with E-state index < -0.39 is 27.1 Å². The molecular weight excluding hydrogens is 592 g/mol. The van der Waals surface area contributed by atoms with E-state index in [9.17, 15) is 23.4 Å². The van der Waals surface area contributed by atoms with Crippen LogP contribution < -0.4 is 9.46 Å². The van der Waals surface area contributed by atoms with Crippen LogP contribution in [0.2, 0.25) is 0 Å². The van der Waals surface area contributed by atoms with Gasteiger partial charge in [-0.15, -0.1) is 0 Å². The largest absolute Gasteiger partial charge is 0.475 e. The highest BCUT2D eigenvalue weighted by molar-refractivity contribution is 7.92. The Hall–Kier alpha value is -3.54. The number of hydrogen-bond acceptors (Lipinski definition) is 8. The van der Waals surface area contributed by atoms with Crippen molar-refractivity contribution in [2.75, 3.05) is 17.9 Å². The third-order valence-corrected chi connectivity index (χ3v) is 10.5. The minimum Gasteiger partial charge on any atom is -0.475 e. The average Bonchev–Trinajstić information content (AvgIpc) is 2.90. The number of aliphatic hydroxyl groups excluding tert-OH is 1. The van der Waals surface area contributed by atoms with Gasteiger partial charge in [0.1, 0.15) is 6.61 Å². The lowest BCUT2D eigenvalue weighted by atomic mass is 9.57. The van der Waals surface area contributed by atoms with Gasteiger partial charge in [-0.05, 0) is 81.7 Å². The molecule has 3 N–H and O–H groups in total. The zero-order valence-corrected chi connectivity index (χ0v) is 27.9. The number of rotatable bonds is 5. The van der Waals surface area contributed by atoms with Gasteiger partial charge in [0.15, 0.2) is 0 Å². The summed E-state index contributed by atoms with van der Waals surface area (Å²) in [6.07, 6.45) is 1.34. The molecule has 0 saturated heterocycles. The second-order valence-corrected chi connectivity index (χ2v) is 16.0. The summed E-state index contributed by atoms with van der Waals surface area (Å²) in [5.74, 6) is -0.305. The highest BCUT2D eigenvalue weighted by Gasteiger charge is 2.56. The van der Waals surface area contributed by atoms with Crippen molar-refractivity contribution < 1.29 is 28.2 Å². The highest BCUT2D eigenvalue weighted by atomic mass is 32.2. The summed E-state index contributed by atoms with van der Waals surface area (Å²) in [5, 5.41) is 21.3. The molecule has 1 aliphatic carbocycles. The Morgan fingerprint density at radius 1 is 1.02 bits per heavy atom. The van der Waals surface area contributed by atoms with Crippen molar-refractivity contribution >= 4 is 21.9 Å². The average molecular weight is 637 g/mol. The maximum atomic E-state index is 14.4. The third-order valence-electron chi connectivity index (χ3n) is 9.20. The van der Waals surface area contributed by atoms with Gasteiger partial charge in [-0.25, -0.2) is 18.1 Å². The first-order valence-corrected chi connectivity index (χ1v) is 16.8. The number of nitrogens with zero attached hydrogens (tertiary/aromatic N) is 3. The van der Waals surface area contributed by atoms with Crippen molar-refractivity contribution in [3.63, 3.8) is 0 Å². The minimum absolute atomic E-state index is 0.0865. The van der Waals surface area contributed by atoms with Crippen LogP contribution in [0.3, 0.4) is 0 Å². The van der Waals surface area contributed by atoms with Gasteiger partial charge in [-0.2, -0.15) is 4.98 Å². The van der Waals surface area contributed by atoms with Crippen molar-refractivity contribution in [1.29, 1.82) is 0 Å². The Morgan fingerprint density at radius 3 is 2.27 bits per heavy atom. The maximum Gasteiger partial charge on any atom is 0.264 e. The molecule has 10 nitrogen and oxygen atoms in total. The lowest BCUT2D eigenvalue weighted by Crippen LogP contribution is -2.64. The summed E-state index contributed by atoms with van der Waals surface area (Å²) in [6, 6.07) is 12.8. The number of sulfonamides is 1. The lowest BCUT2D eigenvalue weighted by molar-refractivity contribution is -0.161. The van der Waals surface area contributed by atoms with Crippen molar-refractivity contribution in [3.8, 4) is 17.1 Å². The molecule has 1 aliphatic heterocycles. The van der Waals surface area contributed by atoms with Crippen LogP contribution in [0.5, 0.6) is 5.88 Å². The number of carbonyl (C=O) groups is 1. The van der Waals surface area contributed by atoms with Crippen molar-refractivity contribution in [2.24, 2.45) is 10.8 Å². The van der Waals surface area contributed by atoms with Gasteiger partial charge < -0.3 is 19.8 Å². The fourth-order valence-electron chi connectivity index (χ4n) is 6.63. The zero-order valence-electron chi connectivity index (χ0n) is 27.1. The summed E-state index contributed by atoms with van der Waals surface area (Å²) in [4.78, 5) is 25.1. The van der Waals surface area contributed by atoms with Gasteiger partial charge in [0, 0.05) is 28.7 Å². The second kappa shape index (κ2) is 11.7. The summed E-state index contributed by atoms with van der Waals surface area (Å²) < 4.78 is 36.1. The smallest absolute Gasteiger partial charge is 0.264 e. The lowest BCUT2D eigenvalue weighted by Gasteiger charge is -2.57. The molecule has 11 heteroatoms. The Labute approximate surface area is 265 Å². The fourth-order valence-corrected chi connectivity index (χ4v) is 7.62. The van der Waals surface area contributed by atoms with E-state index >= 15 is 0 Å². The van der Waals surface area contributed by atoms with Gasteiger partial charge in [-0.3, -0.25) is 4.79 Å². The molecule has 1 saturated carbocycles. The Balaban J connectivity index is 1.66. The van der Waals surface area contributed by atoms with E-state index in [2.05, 4.69) is 35.5 Å². The number of aromatic nitrogens is 2. The van der Waals surface area contributed by atoms with E-state index in [-0.39, 0.29) is 52.9 Å². The van der Waals surface area contributed by atoms with E-state index in [0.717, 1.165) is 16.7 Å². The van der Waals surface area contributed by atoms with Crippen LogP contribution in [0.4, 0.5) is 5.95 Å². The zero-order chi connectivity index (χ0) is 32.9. The van der Waals surface area contributed by atoms with Crippen LogP contribution in [-0.4, -0.2) is 70.3 Å². The van der Waals surface area contributed by atoms with Crippen molar-refractivity contribution in [1.82, 2.24) is 14.9 Å². The standard InChI is InChI=1S/C34H44N4O6S/c1-21-10-8-11-22(2)29(21)27-15-28-36-31(35-27)37-45(42,43)26-13-9-12-23(14-26)30(40)38(25(19-44-28)16-32(3,4)5)24-17-34(18-24,20-39)33(6,7)41/h8-15,24-25,39,41H,16-20H2,1-7H3,(H,35,36,37)/t24?,25-,34?/m1/s1. The highest BCUT2D eigenvalue weighted by Crippen LogP contribution is 2.52. The quantitative estimate of drug-likeness (QED) is 0.351. The molecular formula is C34H44N4O6S. The number of aliphatic hydroxyl groups is 2. The molecule has 242 valence electrons. The molecule has 2 aromatic carbocycles. The predicted molar refractivity (Wildman–Crippen MR) is 173 cm³/mol. The van der Waals surface area contributed by atoms with Gasteiger partial charge in [0.25, 0.3) is 15.9 Å². The van der Waals surface area contributed by atoms with Gasteiger partial charge in [0.2, 0.25) is 11.8 Å². The van der Waals surface area contributed by atoms with Crippen LogP contribution in [0, 0.1) is 24.7 Å². The van der Waals surface area contributed by atoms with Crippen LogP contribution in [0.25, 0.3) is 11.3 Å². The molecule has 1 fully saturated rings. The van der Waals surface area contributed by atoms with Gasteiger partial charge in [-0.1, -0.05) is 45.0 Å². The molecule has 1 atom stereocenters. The number of ether oxygens (including phenoxy) is 1. The first-order chi connectivity index (χ1) is 20.9. The second-order valence-electron chi connectivity index (χ2n) is 14.3. The Kier molecular flexibility index (Phi) is 8.52. The number of nitrogens with one attached hydrogen (secondary N) is 1. The maximum absolute atomic E-state index is 14.4. The van der Waals surface area contributed by atoms with Crippen molar-refractivity contribution in [2.45, 2.75) is 90.3 Å². The molecule has 3 aromatic rings. The summed E-state index contributed by atoms with van der Waals surface area (Å²) in [6.45, 7) is 13.4. The Bertz CT molecular complexity index is 1680. The number of anilines is 1. The summed E-state index contributed by atoms with van der Waals surface area (Å²) in [5.41, 5.74) is 1.35. The van der Waals surface area contributed by atoms with Gasteiger partial charge >= 0.3 is 0 Å². The van der Waals surface area contributed by atoms with Crippen LogP contribution in [0.1, 0.15) is 75.4 Å². The van der Waals surface area contributed by atoms with E-state index in [4.69, 9.17) is 4.74 Å². The normalized spacial score (nSPS) is 23.5. The Morgan fingerprint density at radius 2 is 1.67 bits per heavy atom. The summed E-state index contributed by atoms with van der Waals surface area (Å²) >= 11 is 0. The molecule has 4 bridgehead atoms. The molecule has 1 amide bonds. The van der Waals surface area contributed by atoms with E-state index in [1.807, 2.05) is 32.0 Å².